The summed E-state index contributed by atoms with van der Waals surface area (Å²) in [5, 5.41) is 37.1. The van der Waals surface area contributed by atoms with E-state index in [4.69, 9.17) is 16.4 Å². The fourth-order valence-corrected chi connectivity index (χ4v) is 12.0. The number of benzene rings is 2. The summed E-state index contributed by atoms with van der Waals surface area (Å²) in [4.78, 5) is 63.5. The van der Waals surface area contributed by atoms with Gasteiger partial charge < -0.3 is 40.5 Å². The van der Waals surface area contributed by atoms with Crippen molar-refractivity contribution in [3.05, 3.63) is 89.4 Å². The molecule has 5 N–H and O–H groups in total. The number of anilines is 2. The number of fused-ring (bicyclic) bond motifs is 3. The maximum absolute atomic E-state index is 14.2. The van der Waals surface area contributed by atoms with Gasteiger partial charge in [0, 0.05) is 98.4 Å². The Morgan fingerprint density at radius 2 is 1.67 bits per heavy atom. The van der Waals surface area contributed by atoms with E-state index in [1.165, 1.54) is 4.90 Å². The van der Waals surface area contributed by atoms with Gasteiger partial charge in [-0.15, -0.1) is 16.6 Å². The van der Waals surface area contributed by atoms with Crippen LogP contribution in [0.5, 0.6) is 5.75 Å². The van der Waals surface area contributed by atoms with Crippen LogP contribution in [0.25, 0.3) is 22.3 Å². The summed E-state index contributed by atoms with van der Waals surface area (Å²) < 4.78 is 0. The molecule has 5 aromatic rings. The number of aromatic amines is 1. The Morgan fingerprint density at radius 1 is 0.957 bits per heavy atom. The van der Waals surface area contributed by atoms with E-state index < -0.39 is 23.6 Å². The SMILES string of the molecule is C#Cc1ccc(CNC(=O)[C@@H]2C[C@@H](O)CN2C(=O)[C@@H](NC(=O)C2CC3(CCC(N4CCN(c5cnc(N6CCc7[nH]c8nnc(-c9ccccc9O)cc8c7[C@H]6C)nc5)CC4)CC3)C2)C(C)(C)C)cc1. The van der Waals surface area contributed by atoms with Crippen molar-refractivity contribution in [1.29, 1.82) is 0 Å². The Kier molecular flexibility index (Phi) is 12.8. The van der Waals surface area contributed by atoms with Crippen LogP contribution in [0.3, 0.4) is 0 Å². The number of carbonyl (C=O) groups excluding carboxylic acids is 3. The zero-order valence-electron chi connectivity index (χ0n) is 40.7. The van der Waals surface area contributed by atoms with Gasteiger partial charge in [0.05, 0.1) is 35.9 Å². The molecule has 2 saturated carbocycles. The van der Waals surface area contributed by atoms with Gasteiger partial charge in [-0.25, -0.2) is 9.97 Å². The first-order valence-electron chi connectivity index (χ1n) is 25.0. The van der Waals surface area contributed by atoms with Crippen molar-refractivity contribution in [3.8, 4) is 29.4 Å². The molecule has 4 fully saturated rings. The minimum absolute atomic E-state index is 0.00562. The molecule has 4 atom stereocenters. The highest BCUT2D eigenvalue weighted by Crippen LogP contribution is 2.55. The van der Waals surface area contributed by atoms with Gasteiger partial charge >= 0.3 is 0 Å². The monoisotopic (exact) mass is 948 g/mol. The Bertz CT molecular complexity index is 2780. The third-order valence-corrected chi connectivity index (χ3v) is 16.0. The van der Waals surface area contributed by atoms with Crippen molar-refractivity contribution < 1.29 is 24.6 Å². The first-order valence-corrected chi connectivity index (χ1v) is 25.0. The molecule has 0 bridgehead atoms. The first kappa shape index (κ1) is 47.1. The van der Waals surface area contributed by atoms with Crippen LogP contribution in [-0.2, 0) is 27.3 Å². The minimum Gasteiger partial charge on any atom is -0.507 e. The number of rotatable bonds is 10. The van der Waals surface area contributed by atoms with Crippen LogP contribution >= 0.6 is 0 Å². The van der Waals surface area contributed by atoms with Crippen molar-refractivity contribution in [2.75, 3.05) is 49.1 Å². The number of phenolic OH excluding ortho intramolecular Hbond substituents is 1. The van der Waals surface area contributed by atoms with E-state index in [-0.39, 0.29) is 60.4 Å². The highest BCUT2D eigenvalue weighted by atomic mass is 16.3. The molecule has 16 heteroatoms. The number of H-pyrrole nitrogens is 1. The predicted octanol–water partition coefficient (Wildman–Crippen LogP) is 5.50. The molecule has 2 aliphatic carbocycles. The number of phenols is 1. The van der Waals surface area contributed by atoms with Gasteiger partial charge in [0.1, 0.15) is 17.8 Å². The molecule has 2 saturated heterocycles. The predicted molar refractivity (Wildman–Crippen MR) is 267 cm³/mol. The number of hydrogen-bond acceptors (Lipinski definition) is 12. The molecular weight excluding hydrogens is 883 g/mol. The standard InChI is InChI=1S/C54H65N11O5/c1-6-34-11-13-35(14-12-34)29-55-50(69)44-25-39(66)32-65(44)51(70)47(53(3,4)5)59-49(68)36-27-54(28-36)18-15-37(16-19-54)62-21-23-63(24-22-62)38-30-56-52(57-31-38)64-20-17-42-46(33(64)2)41-26-43(60-61-48(41)58-42)40-9-7-8-10-45(40)67/h1,7-14,26,30-31,33,36-37,39,44,47,66-67H,15-25,27-29,32H2,2-5H3,(H,55,69)(H,58,61)(H,59,68)/t33-,36?,37?,39-,44+,47-,54?/m1/s1. The number of carbonyl (C=O) groups is 3. The number of aliphatic hydroxyl groups excluding tert-OH is 1. The number of terminal acetylenes is 1. The number of likely N-dealkylation sites (tertiary alicyclic amines) is 1. The normalized spacial score (nSPS) is 25.3. The Morgan fingerprint density at radius 3 is 2.36 bits per heavy atom. The number of aromatic hydroxyl groups is 1. The van der Waals surface area contributed by atoms with Crippen LogP contribution in [0.2, 0.25) is 0 Å². The fourth-order valence-electron chi connectivity index (χ4n) is 12.0. The summed E-state index contributed by atoms with van der Waals surface area (Å²) in [5.74, 6) is 2.52. The zero-order valence-corrected chi connectivity index (χ0v) is 40.7. The molecule has 10 rings (SSSR count). The van der Waals surface area contributed by atoms with Crippen molar-refractivity contribution in [2.24, 2.45) is 16.7 Å². The van der Waals surface area contributed by atoms with Crippen LogP contribution in [0.4, 0.5) is 11.6 Å². The van der Waals surface area contributed by atoms with Gasteiger partial charge in [0.2, 0.25) is 23.7 Å². The van der Waals surface area contributed by atoms with Gasteiger partial charge in [0.15, 0.2) is 5.65 Å². The van der Waals surface area contributed by atoms with Crippen molar-refractivity contribution in [2.45, 2.75) is 116 Å². The molecule has 3 aliphatic heterocycles. The average Bonchev–Trinajstić information content (AvgIpc) is 3.94. The number of para-hydroxylation sites is 1. The molecule has 0 unspecified atom stereocenters. The maximum atomic E-state index is 14.2. The van der Waals surface area contributed by atoms with Crippen LogP contribution in [0, 0.1) is 29.1 Å². The lowest BCUT2D eigenvalue weighted by Gasteiger charge is -2.53. The lowest BCUT2D eigenvalue weighted by Crippen LogP contribution is -2.60. The maximum Gasteiger partial charge on any atom is 0.246 e. The Hall–Kier alpha value is -6.57. The Labute approximate surface area is 409 Å². The number of piperazine rings is 1. The number of hydrogen-bond donors (Lipinski definition) is 5. The topological polar surface area (TPSA) is 196 Å². The highest BCUT2D eigenvalue weighted by molar-refractivity contribution is 5.94. The second-order valence-corrected chi connectivity index (χ2v) is 21.5. The summed E-state index contributed by atoms with van der Waals surface area (Å²) in [6.45, 7) is 12.8. The molecule has 70 heavy (non-hydrogen) atoms. The molecule has 3 amide bonds. The number of aromatic nitrogens is 5. The summed E-state index contributed by atoms with van der Waals surface area (Å²) in [5.41, 5.74) is 6.51. The average molecular weight is 948 g/mol. The van der Waals surface area contributed by atoms with Gasteiger partial charge in [0.25, 0.3) is 0 Å². The van der Waals surface area contributed by atoms with Crippen LogP contribution in [0.1, 0.15) is 101 Å². The molecule has 2 aromatic carbocycles. The number of aliphatic hydroxyl groups is 1. The molecule has 5 aliphatic rings. The van der Waals surface area contributed by atoms with E-state index in [9.17, 15) is 24.6 Å². The fraction of sp³-hybridized carbons (Fsp3) is 0.500. The van der Waals surface area contributed by atoms with Crippen molar-refractivity contribution >= 4 is 40.4 Å². The lowest BCUT2D eigenvalue weighted by molar-refractivity contribution is -0.146. The quantitative estimate of drug-likeness (QED) is 0.111. The van der Waals surface area contributed by atoms with E-state index in [0.29, 0.717) is 23.2 Å². The Balaban J connectivity index is 0.689. The number of amides is 3. The number of nitrogens with one attached hydrogen (secondary N) is 3. The minimum atomic E-state index is -0.843. The van der Waals surface area contributed by atoms with Crippen molar-refractivity contribution in [1.82, 2.24) is 45.6 Å². The largest absolute Gasteiger partial charge is 0.507 e. The van der Waals surface area contributed by atoms with Crippen molar-refractivity contribution in [3.63, 3.8) is 0 Å². The van der Waals surface area contributed by atoms with Gasteiger partial charge in [-0.1, -0.05) is 51.0 Å². The van der Waals surface area contributed by atoms with Crippen LogP contribution in [-0.4, -0.2) is 126 Å². The molecule has 1 spiro atoms. The smallest absolute Gasteiger partial charge is 0.246 e. The molecular formula is C54H65N11O5. The molecule has 366 valence electrons. The van der Waals surface area contributed by atoms with E-state index in [1.54, 1.807) is 12.1 Å². The third kappa shape index (κ3) is 9.29. The zero-order chi connectivity index (χ0) is 48.9. The third-order valence-electron chi connectivity index (χ3n) is 16.0. The van der Waals surface area contributed by atoms with Crippen LogP contribution < -0.4 is 20.4 Å². The second kappa shape index (κ2) is 19.0. The number of β-amino-alcohol motifs (C(OH)–C–C–N with tert-alkyl or cyclic N) is 1. The van der Waals surface area contributed by atoms with E-state index in [0.717, 1.165) is 117 Å². The van der Waals surface area contributed by atoms with Gasteiger partial charge in [-0.3, -0.25) is 19.3 Å². The molecule has 3 aromatic heterocycles. The van der Waals surface area contributed by atoms with Crippen LogP contribution in [0.15, 0.2) is 67.0 Å². The summed E-state index contributed by atoms with van der Waals surface area (Å²) in [7, 11) is 0. The van der Waals surface area contributed by atoms with E-state index >= 15 is 0 Å². The van der Waals surface area contributed by atoms with Gasteiger partial charge in [-0.05, 0) is 92.2 Å². The molecule has 16 nitrogen and oxygen atoms in total. The highest BCUT2D eigenvalue weighted by Gasteiger charge is 2.51. The first-order chi connectivity index (χ1) is 33.7. The summed E-state index contributed by atoms with van der Waals surface area (Å²) in [6.07, 6.45) is 15.6. The molecule has 0 radical (unpaired) electrons. The number of nitrogens with zero attached hydrogens (tertiary/aromatic N) is 8. The molecule has 6 heterocycles. The summed E-state index contributed by atoms with van der Waals surface area (Å²) >= 11 is 0. The summed E-state index contributed by atoms with van der Waals surface area (Å²) in [6, 6.07) is 15.4. The second-order valence-electron chi connectivity index (χ2n) is 21.5. The van der Waals surface area contributed by atoms with E-state index in [2.05, 4.69) is 53.4 Å². The van der Waals surface area contributed by atoms with Gasteiger partial charge in [-0.2, -0.15) is 0 Å². The van der Waals surface area contributed by atoms with E-state index in [1.807, 2.05) is 75.6 Å². The lowest BCUT2D eigenvalue weighted by atomic mass is 9.55.